The van der Waals surface area contributed by atoms with Gasteiger partial charge in [0.1, 0.15) is 23.7 Å². The SMILES string of the molecule is C=N[C@@]12CCC[C@H](c3ccc(OC/C(C)=N\O)c(C)c3C)N1CCN(C(=O)c1ccc(C(F)(F)F)nc1)C2. The molecule has 2 aromatic rings. The second kappa shape index (κ2) is 10.7. The summed E-state index contributed by atoms with van der Waals surface area (Å²) in [6.07, 6.45) is -1.05. The van der Waals surface area contributed by atoms with E-state index in [0.29, 0.717) is 25.3 Å². The Morgan fingerprint density at radius 3 is 2.63 bits per heavy atom. The largest absolute Gasteiger partial charge is 0.487 e. The van der Waals surface area contributed by atoms with Crippen molar-refractivity contribution in [2.45, 2.75) is 57.9 Å². The van der Waals surface area contributed by atoms with Gasteiger partial charge in [-0.05, 0) is 81.6 Å². The van der Waals surface area contributed by atoms with Gasteiger partial charge >= 0.3 is 6.18 Å². The molecule has 1 N–H and O–H groups in total. The van der Waals surface area contributed by atoms with Crippen LogP contribution in [0.2, 0.25) is 0 Å². The van der Waals surface area contributed by atoms with Gasteiger partial charge < -0.3 is 14.8 Å². The number of pyridine rings is 1. The molecular formula is C27H32F3N5O3. The van der Waals surface area contributed by atoms with Crippen LogP contribution in [-0.2, 0) is 6.18 Å². The number of nitrogens with zero attached hydrogens (tertiary/aromatic N) is 5. The lowest BCUT2D eigenvalue weighted by atomic mass is 9.83. The zero-order valence-electron chi connectivity index (χ0n) is 21.8. The van der Waals surface area contributed by atoms with E-state index in [-0.39, 0.29) is 24.1 Å². The molecule has 1 aromatic carbocycles. The number of piperidine rings is 1. The zero-order valence-corrected chi connectivity index (χ0v) is 21.8. The summed E-state index contributed by atoms with van der Waals surface area (Å²) >= 11 is 0. The highest BCUT2D eigenvalue weighted by atomic mass is 19.4. The predicted octanol–water partition coefficient (Wildman–Crippen LogP) is 5.03. The first-order valence-electron chi connectivity index (χ1n) is 12.5. The molecule has 0 radical (unpaired) electrons. The molecule has 0 bridgehead atoms. The first-order valence-corrected chi connectivity index (χ1v) is 12.5. The van der Waals surface area contributed by atoms with E-state index >= 15 is 0 Å². The van der Waals surface area contributed by atoms with Crippen molar-refractivity contribution in [2.24, 2.45) is 10.1 Å². The number of aromatic nitrogens is 1. The van der Waals surface area contributed by atoms with Crippen LogP contribution in [0.3, 0.4) is 0 Å². The van der Waals surface area contributed by atoms with Crippen LogP contribution in [0.25, 0.3) is 0 Å². The van der Waals surface area contributed by atoms with Crippen molar-refractivity contribution in [1.29, 1.82) is 0 Å². The summed E-state index contributed by atoms with van der Waals surface area (Å²) in [5.41, 5.74) is 2.11. The van der Waals surface area contributed by atoms with E-state index in [9.17, 15) is 18.0 Å². The van der Waals surface area contributed by atoms with Crippen molar-refractivity contribution in [1.82, 2.24) is 14.8 Å². The number of alkyl halides is 3. The monoisotopic (exact) mass is 531 g/mol. The number of hydrogen-bond acceptors (Lipinski definition) is 7. The lowest BCUT2D eigenvalue weighted by Gasteiger charge is -2.54. The number of halogens is 3. The zero-order chi connectivity index (χ0) is 27.7. The van der Waals surface area contributed by atoms with Gasteiger partial charge in [0.15, 0.2) is 0 Å². The number of piperazine rings is 1. The molecule has 2 aliphatic heterocycles. The fraction of sp³-hybridized carbons (Fsp3) is 0.481. The third-order valence-corrected chi connectivity index (χ3v) is 7.65. The Morgan fingerprint density at radius 2 is 2.00 bits per heavy atom. The summed E-state index contributed by atoms with van der Waals surface area (Å²) in [4.78, 5) is 25.1. The summed E-state index contributed by atoms with van der Waals surface area (Å²) in [6.45, 7) is 11.1. The molecule has 204 valence electrons. The molecule has 0 spiro atoms. The molecule has 8 nitrogen and oxygen atoms in total. The molecule has 4 rings (SSSR count). The normalized spacial score (nSPS) is 22.6. The predicted molar refractivity (Wildman–Crippen MR) is 137 cm³/mol. The number of oxime groups is 1. The second-order valence-corrected chi connectivity index (χ2v) is 9.93. The molecule has 2 saturated heterocycles. The van der Waals surface area contributed by atoms with Gasteiger partial charge in [0.25, 0.3) is 5.91 Å². The number of carbonyl (C=O) groups is 1. The quantitative estimate of drug-likeness (QED) is 0.321. The maximum absolute atomic E-state index is 13.2. The molecular weight excluding hydrogens is 499 g/mol. The van der Waals surface area contributed by atoms with E-state index in [2.05, 4.69) is 39.7 Å². The van der Waals surface area contributed by atoms with Crippen LogP contribution in [-0.4, -0.2) is 70.2 Å². The molecule has 1 amide bonds. The molecule has 2 fully saturated rings. The molecule has 3 heterocycles. The maximum Gasteiger partial charge on any atom is 0.433 e. The van der Waals surface area contributed by atoms with Crippen molar-refractivity contribution in [3.63, 3.8) is 0 Å². The number of hydrogen-bond donors (Lipinski definition) is 1. The minimum absolute atomic E-state index is 0.0627. The Labute approximate surface area is 219 Å². The van der Waals surface area contributed by atoms with Crippen LogP contribution < -0.4 is 4.74 Å². The molecule has 2 aliphatic rings. The number of fused-ring (bicyclic) bond motifs is 1. The molecule has 1 aromatic heterocycles. The molecule has 38 heavy (non-hydrogen) atoms. The number of carbonyl (C=O) groups excluding carboxylic acids is 1. The van der Waals surface area contributed by atoms with E-state index in [1.54, 1.807) is 11.8 Å². The number of benzene rings is 1. The maximum atomic E-state index is 13.2. The summed E-state index contributed by atoms with van der Waals surface area (Å²) < 4.78 is 44.5. The third-order valence-electron chi connectivity index (χ3n) is 7.65. The van der Waals surface area contributed by atoms with E-state index in [4.69, 9.17) is 9.94 Å². The Hall–Kier alpha value is -3.47. The van der Waals surface area contributed by atoms with Crippen LogP contribution in [0, 0.1) is 13.8 Å². The van der Waals surface area contributed by atoms with Gasteiger partial charge in [0.05, 0.1) is 17.8 Å². The third kappa shape index (κ3) is 5.24. The summed E-state index contributed by atoms with van der Waals surface area (Å²) in [5.74, 6) is 0.352. The molecule has 11 heteroatoms. The minimum Gasteiger partial charge on any atom is -0.487 e. The van der Waals surface area contributed by atoms with E-state index < -0.39 is 17.5 Å². The summed E-state index contributed by atoms with van der Waals surface area (Å²) in [7, 11) is 0. The fourth-order valence-corrected chi connectivity index (χ4v) is 5.45. The van der Waals surface area contributed by atoms with Crippen LogP contribution in [0.1, 0.15) is 65.0 Å². The first kappa shape index (κ1) is 27.6. The van der Waals surface area contributed by atoms with Gasteiger partial charge in [0, 0.05) is 25.3 Å². The number of rotatable bonds is 6. The Morgan fingerprint density at radius 1 is 1.24 bits per heavy atom. The van der Waals surface area contributed by atoms with Gasteiger partial charge in [-0.15, -0.1) is 0 Å². The van der Waals surface area contributed by atoms with Crippen LogP contribution in [0.4, 0.5) is 13.2 Å². The molecule has 0 unspecified atom stereocenters. The average molecular weight is 532 g/mol. The number of amides is 1. The summed E-state index contributed by atoms with van der Waals surface area (Å²) in [5, 5.41) is 12.0. The Balaban J connectivity index is 1.55. The van der Waals surface area contributed by atoms with Gasteiger partial charge in [-0.1, -0.05) is 11.2 Å². The van der Waals surface area contributed by atoms with E-state index in [0.717, 1.165) is 54.0 Å². The minimum atomic E-state index is -4.56. The van der Waals surface area contributed by atoms with Gasteiger partial charge in [-0.3, -0.25) is 19.7 Å². The van der Waals surface area contributed by atoms with E-state index in [1.807, 2.05) is 13.0 Å². The number of aliphatic imine (C=N–C) groups is 1. The standard InChI is InChI=1S/C27H32F3N5O3/c1-17(33-37)15-38-23-9-8-21(18(2)19(23)3)22-6-5-11-26(31-4)16-34(12-13-35(22)26)25(36)20-7-10-24(32-14-20)27(28,29)30/h7-10,14,22,37H,4-6,11-13,15-16H2,1-3H3/b33-17-/t22-,26+/m1/s1. The highest BCUT2D eigenvalue weighted by Crippen LogP contribution is 2.45. The molecule has 0 aliphatic carbocycles. The highest BCUT2D eigenvalue weighted by Gasteiger charge is 2.48. The van der Waals surface area contributed by atoms with Gasteiger partial charge in [-0.2, -0.15) is 13.2 Å². The fourth-order valence-electron chi connectivity index (χ4n) is 5.45. The lowest BCUT2D eigenvalue weighted by molar-refractivity contribution is -0.141. The lowest BCUT2D eigenvalue weighted by Crippen LogP contribution is -2.64. The second-order valence-electron chi connectivity index (χ2n) is 9.93. The van der Waals surface area contributed by atoms with Crippen molar-refractivity contribution >= 4 is 18.3 Å². The summed E-state index contributed by atoms with van der Waals surface area (Å²) in [6, 6.07) is 6.05. The first-order chi connectivity index (χ1) is 18.0. The van der Waals surface area contributed by atoms with Gasteiger partial charge in [0.2, 0.25) is 0 Å². The smallest absolute Gasteiger partial charge is 0.433 e. The topological polar surface area (TPSA) is 90.6 Å². The molecule has 0 saturated carbocycles. The van der Waals surface area contributed by atoms with Crippen molar-refractivity contribution < 1.29 is 27.9 Å². The van der Waals surface area contributed by atoms with Crippen molar-refractivity contribution in [2.75, 3.05) is 26.2 Å². The highest BCUT2D eigenvalue weighted by molar-refractivity contribution is 5.94. The number of ether oxygens (including phenoxy) is 1. The average Bonchev–Trinajstić information content (AvgIpc) is 2.92. The van der Waals surface area contributed by atoms with Crippen LogP contribution in [0.15, 0.2) is 40.6 Å². The van der Waals surface area contributed by atoms with Crippen LogP contribution in [0.5, 0.6) is 5.75 Å². The molecule has 2 atom stereocenters. The van der Waals surface area contributed by atoms with Crippen molar-refractivity contribution in [3.05, 3.63) is 58.4 Å². The van der Waals surface area contributed by atoms with Gasteiger partial charge in [-0.25, -0.2) is 0 Å². The van der Waals surface area contributed by atoms with E-state index in [1.165, 1.54) is 6.07 Å². The van der Waals surface area contributed by atoms with Crippen molar-refractivity contribution in [3.8, 4) is 5.75 Å². The Bertz CT molecular complexity index is 1230. The Kier molecular flexibility index (Phi) is 7.78. The van der Waals surface area contributed by atoms with Crippen LogP contribution >= 0.6 is 0 Å².